The molecule has 1 N–H and O–H groups in total. The largest absolute Gasteiger partial charge is 0.492 e. The van der Waals surface area contributed by atoms with Gasteiger partial charge in [0, 0.05) is 0 Å². The van der Waals surface area contributed by atoms with Crippen LogP contribution in [0, 0.1) is 0 Å². The van der Waals surface area contributed by atoms with Crippen molar-refractivity contribution in [3.8, 4) is 5.75 Å². The maximum atomic E-state index is 11.9. The summed E-state index contributed by atoms with van der Waals surface area (Å²) in [5, 5.41) is 3.06. The molecule has 2 heterocycles. The lowest BCUT2D eigenvalue weighted by molar-refractivity contribution is -0.122. The number of carbonyl (C=O) groups excluding carboxylic acids is 1. The summed E-state index contributed by atoms with van der Waals surface area (Å²) in [5.74, 6) is 0.807. The number of benzene rings is 1. The van der Waals surface area contributed by atoms with Crippen molar-refractivity contribution in [2.45, 2.75) is 43.9 Å². The SMILES string of the molecule is O=C(CCOc1ccccc1Br)N[C@H]1C[C@H]2CC[C@H]1O2. The Balaban J connectivity index is 1.40. The molecule has 2 saturated heterocycles. The van der Waals surface area contributed by atoms with Crippen LogP contribution in [0.15, 0.2) is 28.7 Å². The van der Waals surface area contributed by atoms with Gasteiger partial charge in [0.25, 0.3) is 0 Å². The minimum absolute atomic E-state index is 0.0400. The second kappa shape index (κ2) is 6.14. The first kappa shape index (κ1) is 13.9. The second-order valence-corrected chi connectivity index (χ2v) is 6.17. The van der Waals surface area contributed by atoms with Crippen molar-refractivity contribution < 1.29 is 14.3 Å². The lowest BCUT2D eigenvalue weighted by Gasteiger charge is -2.20. The molecular weight excluding hydrogens is 322 g/mol. The van der Waals surface area contributed by atoms with Crippen molar-refractivity contribution in [2.75, 3.05) is 6.61 Å². The van der Waals surface area contributed by atoms with E-state index in [4.69, 9.17) is 9.47 Å². The molecule has 1 aromatic carbocycles. The topological polar surface area (TPSA) is 47.6 Å². The molecule has 0 radical (unpaired) electrons. The van der Waals surface area contributed by atoms with Gasteiger partial charge in [-0.2, -0.15) is 0 Å². The Morgan fingerprint density at radius 2 is 2.25 bits per heavy atom. The summed E-state index contributed by atoms with van der Waals surface area (Å²) < 4.78 is 12.2. The highest BCUT2D eigenvalue weighted by atomic mass is 79.9. The van der Waals surface area contributed by atoms with Gasteiger partial charge in [0.05, 0.1) is 35.8 Å². The van der Waals surface area contributed by atoms with E-state index in [-0.39, 0.29) is 18.1 Å². The number of nitrogens with one attached hydrogen (secondary N) is 1. The Morgan fingerprint density at radius 1 is 1.40 bits per heavy atom. The third-order valence-corrected chi connectivity index (χ3v) is 4.53. The quantitative estimate of drug-likeness (QED) is 0.897. The summed E-state index contributed by atoms with van der Waals surface area (Å²) in [4.78, 5) is 11.9. The van der Waals surface area contributed by atoms with Gasteiger partial charge in [-0.3, -0.25) is 4.79 Å². The lowest BCUT2D eigenvalue weighted by Crippen LogP contribution is -2.41. The average molecular weight is 340 g/mol. The van der Waals surface area contributed by atoms with Gasteiger partial charge in [0.2, 0.25) is 5.91 Å². The third-order valence-electron chi connectivity index (χ3n) is 3.88. The molecule has 20 heavy (non-hydrogen) atoms. The molecule has 0 unspecified atom stereocenters. The highest BCUT2D eigenvalue weighted by Crippen LogP contribution is 2.34. The Bertz CT molecular complexity index is 494. The zero-order valence-corrected chi connectivity index (χ0v) is 12.8. The number of rotatable bonds is 5. The minimum Gasteiger partial charge on any atom is -0.492 e. The molecule has 3 rings (SSSR count). The van der Waals surface area contributed by atoms with Crippen molar-refractivity contribution in [3.63, 3.8) is 0 Å². The summed E-state index contributed by atoms with van der Waals surface area (Å²) in [7, 11) is 0. The maximum absolute atomic E-state index is 11.9. The smallest absolute Gasteiger partial charge is 0.223 e. The van der Waals surface area contributed by atoms with Crippen LogP contribution in [-0.2, 0) is 9.53 Å². The van der Waals surface area contributed by atoms with E-state index in [9.17, 15) is 4.79 Å². The Kier molecular flexibility index (Phi) is 4.27. The van der Waals surface area contributed by atoms with Crippen LogP contribution in [0.1, 0.15) is 25.7 Å². The standard InChI is InChI=1S/C15H18BrNO3/c16-11-3-1-2-4-13(11)19-8-7-15(18)17-12-9-10-5-6-14(12)20-10/h1-4,10,12,14H,5-9H2,(H,17,18)/t10-,12+,14-/m1/s1. The van der Waals surface area contributed by atoms with Crippen molar-refractivity contribution in [2.24, 2.45) is 0 Å². The molecule has 2 fully saturated rings. The molecule has 5 heteroatoms. The van der Waals surface area contributed by atoms with E-state index in [2.05, 4.69) is 21.2 Å². The first-order valence-electron chi connectivity index (χ1n) is 7.04. The fraction of sp³-hybridized carbons (Fsp3) is 0.533. The lowest BCUT2D eigenvalue weighted by atomic mass is 9.95. The van der Waals surface area contributed by atoms with Crippen molar-refractivity contribution in [1.29, 1.82) is 0 Å². The Hall–Kier alpha value is -1.07. The molecule has 2 bridgehead atoms. The van der Waals surface area contributed by atoms with Crippen LogP contribution in [0.4, 0.5) is 0 Å². The van der Waals surface area contributed by atoms with E-state index in [1.54, 1.807) is 0 Å². The van der Waals surface area contributed by atoms with Gasteiger partial charge in [-0.15, -0.1) is 0 Å². The molecule has 1 aromatic rings. The van der Waals surface area contributed by atoms with Gasteiger partial charge < -0.3 is 14.8 Å². The molecule has 0 spiro atoms. The Labute approximate surface area is 127 Å². The molecule has 4 nitrogen and oxygen atoms in total. The summed E-state index contributed by atoms with van der Waals surface area (Å²) in [6.45, 7) is 0.385. The molecule has 0 aliphatic carbocycles. The molecular formula is C15H18BrNO3. The molecule has 108 valence electrons. The summed E-state index contributed by atoms with van der Waals surface area (Å²) in [5.41, 5.74) is 0. The number of fused-ring (bicyclic) bond motifs is 2. The van der Waals surface area contributed by atoms with E-state index in [0.29, 0.717) is 19.1 Å². The summed E-state index contributed by atoms with van der Waals surface area (Å²) in [6.07, 6.45) is 4.14. The summed E-state index contributed by atoms with van der Waals surface area (Å²) in [6, 6.07) is 7.84. The van der Waals surface area contributed by atoms with E-state index >= 15 is 0 Å². The predicted octanol–water partition coefficient (Wildman–Crippen LogP) is 2.65. The number of hydrogen-bond donors (Lipinski definition) is 1. The van der Waals surface area contributed by atoms with Gasteiger partial charge >= 0.3 is 0 Å². The predicted molar refractivity (Wildman–Crippen MR) is 78.7 cm³/mol. The average Bonchev–Trinajstić information content (AvgIpc) is 3.03. The minimum atomic E-state index is 0.0400. The van der Waals surface area contributed by atoms with Crippen LogP contribution in [0.5, 0.6) is 5.75 Å². The molecule has 1 amide bonds. The summed E-state index contributed by atoms with van der Waals surface area (Å²) >= 11 is 3.41. The zero-order valence-electron chi connectivity index (χ0n) is 11.2. The maximum Gasteiger partial charge on any atom is 0.223 e. The van der Waals surface area contributed by atoms with Gasteiger partial charge in [0.1, 0.15) is 5.75 Å². The first-order valence-corrected chi connectivity index (χ1v) is 7.84. The van der Waals surface area contributed by atoms with E-state index in [0.717, 1.165) is 29.5 Å². The van der Waals surface area contributed by atoms with Crippen molar-refractivity contribution in [1.82, 2.24) is 5.32 Å². The van der Waals surface area contributed by atoms with Gasteiger partial charge in [-0.25, -0.2) is 0 Å². The molecule has 0 aromatic heterocycles. The molecule has 0 saturated carbocycles. The van der Waals surface area contributed by atoms with Crippen molar-refractivity contribution in [3.05, 3.63) is 28.7 Å². The number of carbonyl (C=O) groups is 1. The van der Waals surface area contributed by atoms with E-state index in [1.165, 1.54) is 0 Å². The normalized spacial score (nSPS) is 27.6. The van der Waals surface area contributed by atoms with E-state index < -0.39 is 0 Å². The van der Waals surface area contributed by atoms with Crippen LogP contribution in [0.2, 0.25) is 0 Å². The number of hydrogen-bond acceptors (Lipinski definition) is 3. The van der Waals surface area contributed by atoms with Gasteiger partial charge in [-0.1, -0.05) is 12.1 Å². The fourth-order valence-corrected chi connectivity index (χ4v) is 3.28. The van der Waals surface area contributed by atoms with Crippen molar-refractivity contribution >= 4 is 21.8 Å². The second-order valence-electron chi connectivity index (χ2n) is 5.31. The number of amides is 1. The van der Waals surface area contributed by atoms with Crippen LogP contribution in [-0.4, -0.2) is 30.8 Å². The molecule has 2 aliphatic heterocycles. The van der Waals surface area contributed by atoms with E-state index in [1.807, 2.05) is 24.3 Å². The highest BCUT2D eigenvalue weighted by molar-refractivity contribution is 9.10. The zero-order chi connectivity index (χ0) is 13.9. The van der Waals surface area contributed by atoms with Crippen LogP contribution < -0.4 is 10.1 Å². The Morgan fingerprint density at radius 3 is 2.95 bits per heavy atom. The van der Waals surface area contributed by atoms with Gasteiger partial charge in [0.15, 0.2) is 0 Å². The van der Waals surface area contributed by atoms with Crippen LogP contribution >= 0.6 is 15.9 Å². The number of para-hydroxylation sites is 1. The molecule has 3 atom stereocenters. The van der Waals surface area contributed by atoms with Crippen LogP contribution in [0.25, 0.3) is 0 Å². The highest BCUT2D eigenvalue weighted by Gasteiger charge is 2.41. The third kappa shape index (κ3) is 3.15. The fourth-order valence-electron chi connectivity index (χ4n) is 2.88. The molecule has 2 aliphatic rings. The number of halogens is 1. The van der Waals surface area contributed by atoms with Crippen LogP contribution in [0.3, 0.4) is 0 Å². The first-order chi connectivity index (χ1) is 9.72. The monoisotopic (exact) mass is 339 g/mol. The van der Waals surface area contributed by atoms with Gasteiger partial charge in [-0.05, 0) is 47.3 Å². The number of ether oxygens (including phenoxy) is 2.